The van der Waals surface area contributed by atoms with Gasteiger partial charge in [-0.1, -0.05) is 26.0 Å². The third-order valence-corrected chi connectivity index (χ3v) is 4.60. The molecule has 1 heterocycles. The van der Waals surface area contributed by atoms with E-state index in [9.17, 15) is 9.59 Å². The number of carbonyl (C=O) groups excluding carboxylic acids is 2. The van der Waals surface area contributed by atoms with Crippen LogP contribution in [0.15, 0.2) is 35.7 Å². The van der Waals surface area contributed by atoms with Gasteiger partial charge in [-0.3, -0.25) is 9.59 Å². The molecule has 0 spiro atoms. The van der Waals surface area contributed by atoms with E-state index in [1.807, 2.05) is 19.1 Å². The molecule has 0 aliphatic rings. The molecule has 2 amide bonds. The average Bonchev–Trinajstić information content (AvgIpc) is 3.07. The fraction of sp³-hybridized carbons (Fsp3) is 0.333. The van der Waals surface area contributed by atoms with E-state index in [-0.39, 0.29) is 30.1 Å². The monoisotopic (exact) mass is 381 g/mol. The number of aryl methyl sites for hydroxylation is 1. The first kappa shape index (κ1) is 21.2. The molecule has 25 heavy (non-hydrogen) atoms. The molecule has 2 rings (SSSR count). The van der Waals surface area contributed by atoms with Gasteiger partial charge in [0.25, 0.3) is 11.8 Å². The maximum atomic E-state index is 12.3. The zero-order valence-corrected chi connectivity index (χ0v) is 16.0. The van der Waals surface area contributed by atoms with Crippen LogP contribution in [0, 0.1) is 5.92 Å². The van der Waals surface area contributed by atoms with Crippen molar-refractivity contribution in [2.75, 3.05) is 18.4 Å². The summed E-state index contributed by atoms with van der Waals surface area (Å²) in [7, 11) is 0. The van der Waals surface area contributed by atoms with E-state index in [0.717, 1.165) is 6.42 Å². The van der Waals surface area contributed by atoms with E-state index in [1.165, 1.54) is 16.9 Å². The molecular formula is C18H24ClN3O2S. The lowest BCUT2D eigenvalue weighted by Crippen LogP contribution is -2.31. The van der Waals surface area contributed by atoms with Gasteiger partial charge in [-0.2, -0.15) is 0 Å². The summed E-state index contributed by atoms with van der Waals surface area (Å²) in [6, 6.07) is 9.17. The highest BCUT2D eigenvalue weighted by atomic mass is 35.5. The van der Waals surface area contributed by atoms with Gasteiger partial charge in [0.05, 0.1) is 5.56 Å². The summed E-state index contributed by atoms with van der Waals surface area (Å²) in [6.07, 6.45) is 0.929. The quantitative estimate of drug-likeness (QED) is 0.687. The predicted octanol–water partition coefficient (Wildman–Crippen LogP) is 3.31. The molecule has 0 saturated carbocycles. The van der Waals surface area contributed by atoms with Crippen molar-refractivity contribution in [3.63, 3.8) is 0 Å². The summed E-state index contributed by atoms with van der Waals surface area (Å²) >= 11 is 1.33. The van der Waals surface area contributed by atoms with Crippen LogP contribution in [-0.2, 0) is 6.42 Å². The first-order valence-electron chi connectivity index (χ1n) is 8.01. The van der Waals surface area contributed by atoms with Crippen LogP contribution in [-0.4, -0.2) is 24.9 Å². The maximum absolute atomic E-state index is 12.3. The maximum Gasteiger partial charge on any atom is 0.256 e. The lowest BCUT2D eigenvalue weighted by Gasteiger charge is -2.11. The van der Waals surface area contributed by atoms with Crippen LogP contribution in [0.4, 0.5) is 5.00 Å². The standard InChI is InChI=1S/C18H23N3O2S.ClH/c1-3-13-4-6-14(7-5-13)16(22)21-18-15(8-9-24-18)17(23)20-11-12(2)10-19;/h4-9,12H,3,10-11,19H2,1-2H3,(H,20,23)(H,21,22);1H. The second-order valence-electron chi connectivity index (χ2n) is 5.72. The van der Waals surface area contributed by atoms with Crippen molar-refractivity contribution >= 4 is 40.6 Å². The SMILES string of the molecule is CCc1ccc(C(=O)Nc2sccc2C(=O)NCC(C)CN)cc1.Cl. The Hall–Kier alpha value is -1.89. The van der Waals surface area contributed by atoms with Gasteiger partial charge in [-0.15, -0.1) is 23.7 Å². The minimum absolute atomic E-state index is 0. The van der Waals surface area contributed by atoms with E-state index >= 15 is 0 Å². The molecule has 0 fully saturated rings. The number of thiophene rings is 1. The van der Waals surface area contributed by atoms with Crippen molar-refractivity contribution < 1.29 is 9.59 Å². The topological polar surface area (TPSA) is 84.2 Å². The summed E-state index contributed by atoms with van der Waals surface area (Å²) in [6.45, 7) is 5.06. The van der Waals surface area contributed by atoms with E-state index < -0.39 is 0 Å². The normalized spacial score (nSPS) is 11.3. The molecule has 0 saturated heterocycles. The molecule has 2 aromatic rings. The zero-order valence-electron chi connectivity index (χ0n) is 14.4. The third kappa shape index (κ3) is 5.85. The molecule has 1 unspecified atom stereocenters. The fourth-order valence-electron chi connectivity index (χ4n) is 2.10. The van der Waals surface area contributed by atoms with Crippen LogP contribution in [0.5, 0.6) is 0 Å². The fourth-order valence-corrected chi connectivity index (χ4v) is 2.88. The Labute approximate surface area is 158 Å². The van der Waals surface area contributed by atoms with E-state index in [2.05, 4.69) is 17.6 Å². The molecule has 136 valence electrons. The molecule has 7 heteroatoms. The van der Waals surface area contributed by atoms with Crippen molar-refractivity contribution in [2.24, 2.45) is 11.7 Å². The van der Waals surface area contributed by atoms with Crippen molar-refractivity contribution in [1.29, 1.82) is 0 Å². The highest BCUT2D eigenvalue weighted by Gasteiger charge is 2.16. The Bertz CT molecular complexity index is 701. The first-order chi connectivity index (χ1) is 11.5. The number of rotatable bonds is 7. The Morgan fingerprint density at radius 2 is 1.84 bits per heavy atom. The second-order valence-corrected chi connectivity index (χ2v) is 6.64. The van der Waals surface area contributed by atoms with E-state index in [4.69, 9.17) is 5.73 Å². The third-order valence-electron chi connectivity index (χ3n) is 3.77. The average molecular weight is 382 g/mol. The molecule has 1 atom stereocenters. The van der Waals surface area contributed by atoms with Crippen LogP contribution in [0.3, 0.4) is 0 Å². The Kier molecular flexibility index (Phi) is 8.61. The van der Waals surface area contributed by atoms with E-state index in [1.54, 1.807) is 23.6 Å². The first-order valence-corrected chi connectivity index (χ1v) is 8.89. The van der Waals surface area contributed by atoms with Crippen LogP contribution < -0.4 is 16.4 Å². The largest absolute Gasteiger partial charge is 0.352 e. The van der Waals surface area contributed by atoms with Gasteiger partial charge in [0, 0.05) is 12.1 Å². The minimum atomic E-state index is -0.218. The molecule has 0 bridgehead atoms. The number of nitrogens with one attached hydrogen (secondary N) is 2. The summed E-state index contributed by atoms with van der Waals surface area (Å²) < 4.78 is 0. The zero-order chi connectivity index (χ0) is 17.5. The minimum Gasteiger partial charge on any atom is -0.352 e. The molecule has 0 aliphatic carbocycles. The van der Waals surface area contributed by atoms with Crippen LogP contribution in [0.25, 0.3) is 0 Å². The van der Waals surface area contributed by atoms with Gasteiger partial charge in [-0.25, -0.2) is 0 Å². The van der Waals surface area contributed by atoms with Crippen LogP contribution in [0.2, 0.25) is 0 Å². The van der Waals surface area contributed by atoms with Gasteiger partial charge in [0.15, 0.2) is 0 Å². The number of carbonyl (C=O) groups is 2. The van der Waals surface area contributed by atoms with Crippen LogP contribution >= 0.6 is 23.7 Å². The second kappa shape index (κ2) is 10.2. The Morgan fingerprint density at radius 1 is 1.16 bits per heavy atom. The van der Waals surface area contributed by atoms with Crippen molar-refractivity contribution in [3.05, 3.63) is 52.4 Å². The number of nitrogens with two attached hydrogens (primary N) is 1. The predicted molar refractivity (Wildman–Crippen MR) is 106 cm³/mol. The Morgan fingerprint density at radius 3 is 2.44 bits per heavy atom. The van der Waals surface area contributed by atoms with Gasteiger partial charge >= 0.3 is 0 Å². The van der Waals surface area contributed by atoms with Crippen LogP contribution in [0.1, 0.15) is 40.1 Å². The van der Waals surface area contributed by atoms with Gasteiger partial charge in [0.1, 0.15) is 5.00 Å². The number of hydrogen-bond donors (Lipinski definition) is 3. The van der Waals surface area contributed by atoms with Gasteiger partial charge < -0.3 is 16.4 Å². The van der Waals surface area contributed by atoms with Crippen molar-refractivity contribution in [2.45, 2.75) is 20.3 Å². The van der Waals surface area contributed by atoms with Gasteiger partial charge in [0.2, 0.25) is 0 Å². The number of halogens is 1. The molecule has 5 nitrogen and oxygen atoms in total. The molecule has 0 radical (unpaired) electrons. The summed E-state index contributed by atoms with van der Waals surface area (Å²) in [5, 5.41) is 8.00. The lowest BCUT2D eigenvalue weighted by atomic mass is 10.1. The molecule has 1 aromatic carbocycles. The Balaban J connectivity index is 0.00000312. The lowest BCUT2D eigenvalue weighted by molar-refractivity contribution is 0.0950. The van der Waals surface area contributed by atoms with Crippen molar-refractivity contribution in [3.8, 4) is 0 Å². The van der Waals surface area contributed by atoms with E-state index in [0.29, 0.717) is 29.2 Å². The highest BCUT2D eigenvalue weighted by Crippen LogP contribution is 2.24. The molecule has 0 aliphatic heterocycles. The summed E-state index contributed by atoms with van der Waals surface area (Å²) in [5.74, 6) is -0.208. The molecule has 4 N–H and O–H groups in total. The number of benzene rings is 1. The van der Waals surface area contributed by atoms with Gasteiger partial charge in [-0.05, 0) is 48.0 Å². The number of hydrogen-bond acceptors (Lipinski definition) is 4. The number of anilines is 1. The highest BCUT2D eigenvalue weighted by molar-refractivity contribution is 7.14. The molecular weight excluding hydrogens is 358 g/mol. The molecule has 1 aromatic heterocycles. The smallest absolute Gasteiger partial charge is 0.256 e. The summed E-state index contributed by atoms with van der Waals surface area (Å²) in [4.78, 5) is 24.6. The number of amides is 2. The summed E-state index contributed by atoms with van der Waals surface area (Å²) in [5.41, 5.74) is 7.78. The van der Waals surface area contributed by atoms with Crippen molar-refractivity contribution in [1.82, 2.24) is 5.32 Å².